The maximum Gasteiger partial charge on any atom is 0.0468 e. The van der Waals surface area contributed by atoms with Gasteiger partial charge in [0.15, 0.2) is 0 Å². The largest absolute Gasteiger partial charge is 0.412 e. The predicted octanol–water partition coefficient (Wildman–Crippen LogP) is 2.27. The Kier molecular flexibility index (Phi) is 10.8. The fourth-order valence-corrected chi connectivity index (χ4v) is 0.740. The lowest BCUT2D eigenvalue weighted by molar-refractivity contribution is 0.114. The van der Waals surface area contributed by atoms with Gasteiger partial charge in [-0.25, -0.2) is 0 Å². The summed E-state index contributed by atoms with van der Waals surface area (Å²) < 4.78 is 5.46. The zero-order chi connectivity index (χ0) is 8.69. The molecule has 0 aliphatic rings. The van der Waals surface area contributed by atoms with Crippen molar-refractivity contribution >= 4 is 0 Å². The zero-order valence-corrected chi connectivity index (χ0v) is 8.89. The normalized spacial score (nSPS) is 10.5. The van der Waals surface area contributed by atoms with Crippen molar-refractivity contribution in [3.8, 4) is 0 Å². The van der Waals surface area contributed by atoms with Gasteiger partial charge in [-0.2, -0.15) is 0 Å². The molecule has 0 saturated carbocycles. The summed E-state index contributed by atoms with van der Waals surface area (Å²) in [5, 5.41) is 0. The molecule has 0 amide bonds. The van der Waals surface area contributed by atoms with Crippen LogP contribution in [0.1, 0.15) is 40.5 Å². The van der Waals surface area contributed by atoms with E-state index in [9.17, 15) is 0 Å². The summed E-state index contributed by atoms with van der Waals surface area (Å²) in [7, 11) is 0. The second-order valence-corrected chi connectivity index (χ2v) is 3.98. The second-order valence-electron chi connectivity index (χ2n) is 3.98. The Morgan fingerprint density at radius 2 is 1.17 bits per heavy atom. The Bertz CT molecular complexity index is 69.9. The van der Waals surface area contributed by atoms with Crippen molar-refractivity contribution in [1.29, 1.82) is 0 Å². The van der Waals surface area contributed by atoms with E-state index >= 15 is 0 Å². The lowest BCUT2D eigenvalue weighted by atomic mass is 10.1. The third kappa shape index (κ3) is 12.6. The molecule has 0 saturated heterocycles. The van der Waals surface area contributed by atoms with E-state index in [4.69, 9.17) is 4.74 Å². The molecular formula is C10H24O2. The molecule has 0 aromatic carbocycles. The topological polar surface area (TPSA) is 40.7 Å². The highest BCUT2D eigenvalue weighted by atomic mass is 16.5. The van der Waals surface area contributed by atoms with Gasteiger partial charge in [-0.05, 0) is 24.7 Å². The minimum absolute atomic E-state index is 0. The maximum absolute atomic E-state index is 5.46. The Morgan fingerprint density at radius 3 is 1.42 bits per heavy atom. The summed E-state index contributed by atoms with van der Waals surface area (Å²) >= 11 is 0. The standard InChI is InChI=1S/C10H22O.H2O/c1-9(2)5-7-11-8-6-10(3)4;/h9-10H,5-8H2,1-4H3;1H2. The highest BCUT2D eigenvalue weighted by molar-refractivity contribution is 4.45. The van der Waals surface area contributed by atoms with Crippen LogP contribution in [0, 0.1) is 11.8 Å². The van der Waals surface area contributed by atoms with Gasteiger partial charge in [0.2, 0.25) is 0 Å². The lowest BCUT2D eigenvalue weighted by Crippen LogP contribution is -2.02. The van der Waals surface area contributed by atoms with Crippen LogP contribution < -0.4 is 0 Å². The minimum atomic E-state index is 0. The number of hydrogen-bond donors (Lipinski definition) is 0. The molecule has 0 spiro atoms. The quantitative estimate of drug-likeness (QED) is 0.572. The summed E-state index contributed by atoms with van der Waals surface area (Å²) in [5.41, 5.74) is 0. The first-order valence-electron chi connectivity index (χ1n) is 4.70. The van der Waals surface area contributed by atoms with Crippen molar-refractivity contribution in [3.05, 3.63) is 0 Å². The van der Waals surface area contributed by atoms with Gasteiger partial charge < -0.3 is 10.2 Å². The van der Waals surface area contributed by atoms with Crippen LogP contribution in [-0.2, 0) is 4.74 Å². The minimum Gasteiger partial charge on any atom is -0.412 e. The third-order valence-electron chi connectivity index (χ3n) is 1.68. The molecule has 0 radical (unpaired) electrons. The number of rotatable bonds is 6. The van der Waals surface area contributed by atoms with Crippen molar-refractivity contribution in [2.75, 3.05) is 13.2 Å². The first kappa shape index (κ1) is 14.4. The molecule has 0 heterocycles. The molecule has 0 bridgehead atoms. The van der Waals surface area contributed by atoms with Gasteiger partial charge in [0, 0.05) is 13.2 Å². The van der Waals surface area contributed by atoms with Crippen LogP contribution in [0.2, 0.25) is 0 Å². The summed E-state index contributed by atoms with van der Waals surface area (Å²) in [6.07, 6.45) is 2.39. The van der Waals surface area contributed by atoms with Gasteiger partial charge in [-0.15, -0.1) is 0 Å². The van der Waals surface area contributed by atoms with Crippen LogP contribution in [0.15, 0.2) is 0 Å². The maximum atomic E-state index is 5.46. The van der Waals surface area contributed by atoms with Gasteiger partial charge in [-0.1, -0.05) is 27.7 Å². The Morgan fingerprint density at radius 1 is 0.833 bits per heavy atom. The molecule has 0 fully saturated rings. The van der Waals surface area contributed by atoms with E-state index in [1.165, 1.54) is 12.8 Å². The van der Waals surface area contributed by atoms with Gasteiger partial charge in [0.25, 0.3) is 0 Å². The van der Waals surface area contributed by atoms with E-state index in [0.717, 1.165) is 25.0 Å². The van der Waals surface area contributed by atoms with Gasteiger partial charge in [0.1, 0.15) is 0 Å². The van der Waals surface area contributed by atoms with Crippen LogP contribution >= 0.6 is 0 Å². The highest BCUT2D eigenvalue weighted by Gasteiger charge is 1.95. The summed E-state index contributed by atoms with van der Waals surface area (Å²) in [6.45, 7) is 10.8. The first-order valence-corrected chi connectivity index (χ1v) is 4.70. The van der Waals surface area contributed by atoms with Crippen molar-refractivity contribution in [2.45, 2.75) is 40.5 Å². The number of ether oxygens (including phenoxy) is 1. The Hall–Kier alpha value is -0.0800. The predicted molar refractivity (Wildman–Crippen MR) is 53.3 cm³/mol. The Balaban J connectivity index is 0. The molecule has 2 heteroatoms. The van der Waals surface area contributed by atoms with E-state index < -0.39 is 0 Å². The van der Waals surface area contributed by atoms with Gasteiger partial charge >= 0.3 is 0 Å². The van der Waals surface area contributed by atoms with Crippen molar-refractivity contribution in [3.63, 3.8) is 0 Å². The second kappa shape index (κ2) is 9.01. The van der Waals surface area contributed by atoms with Crippen LogP contribution in [0.5, 0.6) is 0 Å². The van der Waals surface area contributed by atoms with Gasteiger partial charge in [0.05, 0.1) is 0 Å². The summed E-state index contributed by atoms with van der Waals surface area (Å²) in [4.78, 5) is 0. The van der Waals surface area contributed by atoms with E-state index in [2.05, 4.69) is 27.7 Å². The molecule has 0 aromatic heterocycles. The molecular weight excluding hydrogens is 152 g/mol. The van der Waals surface area contributed by atoms with Crippen LogP contribution in [0.3, 0.4) is 0 Å². The first-order chi connectivity index (χ1) is 5.13. The fourth-order valence-electron chi connectivity index (χ4n) is 0.740. The molecule has 12 heavy (non-hydrogen) atoms. The molecule has 0 rings (SSSR count). The molecule has 2 N–H and O–H groups in total. The Labute approximate surface area is 76.6 Å². The summed E-state index contributed by atoms with van der Waals surface area (Å²) in [5.74, 6) is 1.54. The van der Waals surface area contributed by atoms with Crippen LogP contribution in [0.25, 0.3) is 0 Å². The van der Waals surface area contributed by atoms with Crippen LogP contribution in [0.4, 0.5) is 0 Å². The van der Waals surface area contributed by atoms with E-state index in [1.54, 1.807) is 0 Å². The molecule has 0 atom stereocenters. The van der Waals surface area contributed by atoms with Crippen molar-refractivity contribution in [2.24, 2.45) is 11.8 Å². The van der Waals surface area contributed by atoms with Gasteiger partial charge in [-0.3, -0.25) is 0 Å². The molecule has 0 aromatic rings. The van der Waals surface area contributed by atoms with Crippen LogP contribution in [-0.4, -0.2) is 18.7 Å². The fraction of sp³-hybridized carbons (Fsp3) is 1.00. The zero-order valence-electron chi connectivity index (χ0n) is 8.89. The molecule has 2 nitrogen and oxygen atoms in total. The average Bonchev–Trinajstić information content (AvgIpc) is 1.85. The van der Waals surface area contributed by atoms with E-state index in [-0.39, 0.29) is 5.48 Å². The molecule has 76 valence electrons. The lowest BCUT2D eigenvalue weighted by Gasteiger charge is -2.07. The smallest absolute Gasteiger partial charge is 0.0468 e. The monoisotopic (exact) mass is 176 g/mol. The summed E-state index contributed by atoms with van der Waals surface area (Å²) in [6, 6.07) is 0. The van der Waals surface area contributed by atoms with E-state index in [1.807, 2.05) is 0 Å². The highest BCUT2D eigenvalue weighted by Crippen LogP contribution is 2.02. The molecule has 0 aliphatic heterocycles. The average molecular weight is 176 g/mol. The van der Waals surface area contributed by atoms with Crippen molar-refractivity contribution < 1.29 is 10.2 Å². The van der Waals surface area contributed by atoms with E-state index in [0.29, 0.717) is 0 Å². The van der Waals surface area contributed by atoms with Crippen molar-refractivity contribution in [1.82, 2.24) is 0 Å². The number of hydrogen-bond acceptors (Lipinski definition) is 1. The molecule has 0 aliphatic carbocycles. The SMILES string of the molecule is CC(C)CCOCCC(C)C.O. The third-order valence-corrected chi connectivity index (χ3v) is 1.68. The molecule has 0 unspecified atom stereocenters.